The number of benzene rings is 1. The first-order valence-corrected chi connectivity index (χ1v) is 8.63. The Labute approximate surface area is 149 Å². The molecule has 3 heterocycles. The Hall–Kier alpha value is -2.83. The van der Waals surface area contributed by atoms with E-state index in [9.17, 15) is 13.6 Å². The molecule has 0 saturated carbocycles. The van der Waals surface area contributed by atoms with Crippen LogP contribution in [-0.4, -0.2) is 38.5 Å². The number of hydrogen-bond acceptors (Lipinski definition) is 3. The second kappa shape index (κ2) is 6.82. The van der Waals surface area contributed by atoms with Crippen molar-refractivity contribution in [2.75, 3.05) is 13.1 Å². The molecule has 2 aromatic heterocycles. The number of fused-ring (bicyclic) bond motifs is 1. The molecule has 1 fully saturated rings. The van der Waals surface area contributed by atoms with E-state index in [1.54, 1.807) is 4.90 Å². The van der Waals surface area contributed by atoms with Crippen LogP contribution in [0.4, 0.5) is 8.78 Å². The van der Waals surface area contributed by atoms with Gasteiger partial charge in [-0.2, -0.15) is 0 Å². The quantitative estimate of drug-likeness (QED) is 0.725. The molecule has 7 heteroatoms. The van der Waals surface area contributed by atoms with E-state index in [0.717, 1.165) is 36.4 Å². The fourth-order valence-corrected chi connectivity index (χ4v) is 3.46. The Morgan fingerprint density at radius 2 is 1.88 bits per heavy atom. The molecule has 0 atom stereocenters. The van der Waals surface area contributed by atoms with Crippen molar-refractivity contribution in [1.29, 1.82) is 0 Å². The molecule has 0 unspecified atom stereocenters. The van der Waals surface area contributed by atoms with Crippen LogP contribution in [0.2, 0.25) is 0 Å². The van der Waals surface area contributed by atoms with Crippen LogP contribution in [0.1, 0.15) is 30.1 Å². The highest BCUT2D eigenvalue weighted by Gasteiger charge is 2.26. The number of likely N-dealkylation sites (tertiary alicyclic amines) is 1. The summed E-state index contributed by atoms with van der Waals surface area (Å²) in [5.41, 5.74) is 1.30. The summed E-state index contributed by atoms with van der Waals surface area (Å²) in [6.45, 7) is 1.24. The molecule has 0 radical (unpaired) electrons. The average Bonchev–Trinajstić information content (AvgIpc) is 3.09. The normalized spacial score (nSPS) is 15.5. The van der Waals surface area contributed by atoms with Crippen molar-refractivity contribution in [3.8, 4) is 0 Å². The SMILES string of the molecule is O=C(Cc1ccc(F)c(F)c1)N1CCC(c2nnc3ccccn23)CC1. The summed E-state index contributed by atoms with van der Waals surface area (Å²) < 4.78 is 28.3. The molecule has 1 amide bonds. The van der Waals surface area contributed by atoms with Gasteiger partial charge in [-0.15, -0.1) is 10.2 Å². The summed E-state index contributed by atoms with van der Waals surface area (Å²) in [7, 11) is 0. The highest BCUT2D eigenvalue weighted by molar-refractivity contribution is 5.78. The molecule has 134 valence electrons. The zero-order valence-electron chi connectivity index (χ0n) is 14.1. The highest BCUT2D eigenvalue weighted by Crippen LogP contribution is 2.27. The lowest BCUT2D eigenvalue weighted by Crippen LogP contribution is -2.39. The molecule has 1 aromatic carbocycles. The van der Waals surface area contributed by atoms with E-state index in [1.807, 2.05) is 28.8 Å². The molecular formula is C19H18F2N4O. The van der Waals surface area contributed by atoms with E-state index < -0.39 is 11.6 Å². The Morgan fingerprint density at radius 1 is 1.08 bits per heavy atom. The number of pyridine rings is 1. The van der Waals surface area contributed by atoms with Gasteiger partial charge in [0.05, 0.1) is 6.42 Å². The van der Waals surface area contributed by atoms with E-state index in [1.165, 1.54) is 6.07 Å². The molecule has 4 rings (SSSR count). The first kappa shape index (κ1) is 16.6. The van der Waals surface area contributed by atoms with Crippen LogP contribution < -0.4 is 0 Å². The van der Waals surface area contributed by atoms with Gasteiger partial charge in [-0.05, 0) is 42.7 Å². The summed E-state index contributed by atoms with van der Waals surface area (Å²) in [6.07, 6.45) is 3.64. The van der Waals surface area contributed by atoms with Crippen LogP contribution in [0.3, 0.4) is 0 Å². The first-order valence-electron chi connectivity index (χ1n) is 8.63. The van der Waals surface area contributed by atoms with Gasteiger partial charge in [0.15, 0.2) is 17.3 Å². The van der Waals surface area contributed by atoms with Gasteiger partial charge in [-0.25, -0.2) is 8.78 Å². The lowest BCUT2D eigenvalue weighted by Gasteiger charge is -2.31. The summed E-state index contributed by atoms with van der Waals surface area (Å²) in [5.74, 6) is -0.719. The number of nitrogens with zero attached hydrogens (tertiary/aromatic N) is 4. The van der Waals surface area contributed by atoms with Crippen LogP contribution in [0, 0.1) is 11.6 Å². The van der Waals surface area contributed by atoms with Gasteiger partial charge >= 0.3 is 0 Å². The number of aromatic nitrogens is 3. The summed E-state index contributed by atoms with van der Waals surface area (Å²) in [5, 5.41) is 8.49. The number of hydrogen-bond donors (Lipinski definition) is 0. The highest BCUT2D eigenvalue weighted by atomic mass is 19.2. The number of halogens is 2. The molecule has 0 N–H and O–H groups in total. The van der Waals surface area contributed by atoms with Gasteiger partial charge in [0.25, 0.3) is 0 Å². The number of rotatable bonds is 3. The molecule has 0 aliphatic carbocycles. The summed E-state index contributed by atoms with van der Waals surface area (Å²) >= 11 is 0. The Morgan fingerprint density at radius 3 is 2.65 bits per heavy atom. The summed E-state index contributed by atoms with van der Waals surface area (Å²) in [4.78, 5) is 14.2. The van der Waals surface area contributed by atoms with E-state index in [2.05, 4.69) is 10.2 Å². The maximum Gasteiger partial charge on any atom is 0.226 e. The minimum absolute atomic E-state index is 0.0689. The smallest absolute Gasteiger partial charge is 0.226 e. The van der Waals surface area contributed by atoms with E-state index in [-0.39, 0.29) is 18.2 Å². The number of amides is 1. The molecule has 5 nitrogen and oxygen atoms in total. The zero-order chi connectivity index (χ0) is 18.1. The van der Waals surface area contributed by atoms with E-state index >= 15 is 0 Å². The van der Waals surface area contributed by atoms with E-state index in [4.69, 9.17) is 0 Å². The molecule has 3 aromatic rings. The van der Waals surface area contributed by atoms with Crippen LogP contribution in [0.25, 0.3) is 5.65 Å². The Balaban J connectivity index is 1.40. The van der Waals surface area contributed by atoms with Gasteiger partial charge in [0.1, 0.15) is 5.82 Å². The second-order valence-corrected chi connectivity index (χ2v) is 6.57. The zero-order valence-corrected chi connectivity index (χ0v) is 14.1. The minimum atomic E-state index is -0.923. The van der Waals surface area contributed by atoms with Crippen LogP contribution in [0.15, 0.2) is 42.6 Å². The lowest BCUT2D eigenvalue weighted by atomic mass is 9.95. The monoisotopic (exact) mass is 356 g/mol. The number of carbonyl (C=O) groups excluding carboxylic acids is 1. The largest absolute Gasteiger partial charge is 0.342 e. The number of piperidine rings is 1. The standard InChI is InChI=1S/C19H18F2N4O/c20-15-5-4-13(11-16(15)21)12-18(26)24-9-6-14(7-10-24)19-23-22-17-3-1-2-8-25(17)19/h1-5,8,11,14H,6-7,9-10,12H2. The Bertz CT molecular complexity index is 948. The van der Waals surface area contributed by atoms with Gasteiger partial charge < -0.3 is 4.90 Å². The third kappa shape index (κ3) is 3.16. The molecule has 0 spiro atoms. The molecule has 1 saturated heterocycles. The maximum atomic E-state index is 13.3. The van der Waals surface area contributed by atoms with Crippen molar-refractivity contribution in [3.63, 3.8) is 0 Å². The molecule has 26 heavy (non-hydrogen) atoms. The van der Waals surface area contributed by atoms with Gasteiger partial charge in [-0.3, -0.25) is 9.20 Å². The maximum absolute atomic E-state index is 13.3. The van der Waals surface area contributed by atoms with Crippen LogP contribution in [0.5, 0.6) is 0 Å². The van der Waals surface area contributed by atoms with Crippen molar-refractivity contribution >= 4 is 11.6 Å². The topological polar surface area (TPSA) is 50.5 Å². The van der Waals surface area contributed by atoms with Gasteiger partial charge in [-0.1, -0.05) is 12.1 Å². The molecular weight excluding hydrogens is 338 g/mol. The van der Waals surface area contributed by atoms with Crippen molar-refractivity contribution in [2.45, 2.75) is 25.2 Å². The minimum Gasteiger partial charge on any atom is -0.342 e. The average molecular weight is 356 g/mol. The fraction of sp³-hybridized carbons (Fsp3) is 0.316. The summed E-state index contributed by atoms with van der Waals surface area (Å²) in [6, 6.07) is 9.37. The van der Waals surface area contributed by atoms with Gasteiger partial charge in [0, 0.05) is 25.2 Å². The van der Waals surface area contributed by atoms with Crippen molar-refractivity contribution in [3.05, 3.63) is 65.6 Å². The molecule has 1 aliphatic heterocycles. The predicted molar refractivity (Wildman–Crippen MR) is 91.6 cm³/mol. The second-order valence-electron chi connectivity index (χ2n) is 6.57. The van der Waals surface area contributed by atoms with Crippen molar-refractivity contribution < 1.29 is 13.6 Å². The number of carbonyl (C=O) groups is 1. The van der Waals surface area contributed by atoms with Crippen molar-refractivity contribution in [2.24, 2.45) is 0 Å². The first-order chi connectivity index (χ1) is 12.6. The third-order valence-electron chi connectivity index (χ3n) is 4.89. The van der Waals surface area contributed by atoms with E-state index in [0.29, 0.717) is 18.7 Å². The van der Waals surface area contributed by atoms with Gasteiger partial charge in [0.2, 0.25) is 5.91 Å². The Kier molecular flexibility index (Phi) is 4.36. The predicted octanol–water partition coefficient (Wildman–Crippen LogP) is 2.96. The van der Waals surface area contributed by atoms with Crippen LogP contribution >= 0.6 is 0 Å². The van der Waals surface area contributed by atoms with Crippen LogP contribution in [-0.2, 0) is 11.2 Å². The lowest BCUT2D eigenvalue weighted by molar-refractivity contribution is -0.131. The molecule has 1 aliphatic rings. The fourth-order valence-electron chi connectivity index (χ4n) is 3.46. The van der Waals surface area contributed by atoms with Crippen molar-refractivity contribution in [1.82, 2.24) is 19.5 Å². The molecule has 0 bridgehead atoms. The third-order valence-corrected chi connectivity index (χ3v) is 4.89.